The van der Waals surface area contributed by atoms with Crippen LogP contribution in [0.1, 0.15) is 12.5 Å². The van der Waals surface area contributed by atoms with Crippen LogP contribution < -0.4 is 4.90 Å². The van der Waals surface area contributed by atoms with Crippen LogP contribution in [0.4, 0.5) is 18.9 Å². The van der Waals surface area contributed by atoms with Gasteiger partial charge in [0.2, 0.25) is 0 Å². The zero-order chi connectivity index (χ0) is 26.1. The van der Waals surface area contributed by atoms with Crippen LogP contribution in [0.3, 0.4) is 0 Å². The third kappa shape index (κ3) is 5.57. The highest BCUT2D eigenvalue weighted by molar-refractivity contribution is 7.91. The average Bonchev–Trinajstić information content (AvgIpc) is 3.40. The van der Waals surface area contributed by atoms with E-state index >= 15 is 0 Å². The number of aliphatic hydroxyl groups excluding tert-OH is 1. The Labute approximate surface area is 212 Å². The van der Waals surface area contributed by atoms with Crippen molar-refractivity contribution in [2.45, 2.75) is 35.1 Å². The zero-order valence-electron chi connectivity index (χ0n) is 19.8. The maximum absolute atomic E-state index is 13.3. The van der Waals surface area contributed by atoms with Crippen LogP contribution in [0.5, 0.6) is 0 Å². The maximum atomic E-state index is 13.3. The molecule has 0 radical (unpaired) electrons. The highest BCUT2D eigenvalue weighted by atomic mass is 32.2. The molecule has 3 heterocycles. The maximum Gasteiger partial charge on any atom is 0.421 e. The predicted molar refractivity (Wildman–Crippen MR) is 130 cm³/mol. The van der Waals surface area contributed by atoms with Crippen molar-refractivity contribution in [3.8, 4) is 0 Å². The summed E-state index contributed by atoms with van der Waals surface area (Å²) in [6, 6.07) is 8.53. The Kier molecular flexibility index (Phi) is 8.01. The second-order valence-electron chi connectivity index (χ2n) is 9.19. The minimum absolute atomic E-state index is 0.121. The second kappa shape index (κ2) is 10.6. The van der Waals surface area contributed by atoms with Gasteiger partial charge in [0.1, 0.15) is 4.21 Å². The Hall–Kier alpha value is -1.74. The summed E-state index contributed by atoms with van der Waals surface area (Å²) in [5.41, 5.74) is -2.61. The molecule has 4 rings (SSSR count). The molecule has 2 saturated heterocycles. The average molecular weight is 550 g/mol. The number of nitrogens with zero attached hydrogens (tertiary/aromatic N) is 3. The number of morpholine rings is 1. The molecule has 2 aliphatic heterocycles. The lowest BCUT2D eigenvalue weighted by Gasteiger charge is -2.45. The largest absolute Gasteiger partial charge is 0.421 e. The monoisotopic (exact) mass is 549 g/mol. The van der Waals surface area contributed by atoms with Crippen LogP contribution in [0, 0.1) is 0 Å². The molecule has 0 aliphatic carbocycles. The third-order valence-electron chi connectivity index (χ3n) is 6.74. The molecule has 36 heavy (non-hydrogen) atoms. The van der Waals surface area contributed by atoms with E-state index in [1.165, 1.54) is 28.6 Å². The smallest absolute Gasteiger partial charge is 0.394 e. The van der Waals surface area contributed by atoms with Crippen molar-refractivity contribution in [1.29, 1.82) is 0 Å². The molecule has 3 atom stereocenters. The fraction of sp³-hybridized carbons (Fsp3) is 0.565. The number of anilines is 1. The van der Waals surface area contributed by atoms with Gasteiger partial charge in [-0.1, -0.05) is 18.2 Å². The van der Waals surface area contributed by atoms with Crippen LogP contribution in [0.15, 0.2) is 46.0 Å². The van der Waals surface area contributed by atoms with Gasteiger partial charge in [0.15, 0.2) is 5.60 Å². The van der Waals surface area contributed by atoms with Crippen LogP contribution in [0.25, 0.3) is 0 Å². The zero-order valence-corrected chi connectivity index (χ0v) is 21.4. The van der Waals surface area contributed by atoms with Gasteiger partial charge in [0.05, 0.1) is 25.4 Å². The summed E-state index contributed by atoms with van der Waals surface area (Å²) < 4.78 is 73.5. The van der Waals surface area contributed by atoms with Crippen molar-refractivity contribution in [1.82, 2.24) is 9.21 Å². The van der Waals surface area contributed by atoms with Crippen LogP contribution in [0.2, 0.25) is 0 Å². The lowest BCUT2D eigenvalue weighted by Crippen LogP contribution is -2.59. The van der Waals surface area contributed by atoms with E-state index in [9.17, 15) is 31.8 Å². The Balaban J connectivity index is 1.59. The Morgan fingerprint density at radius 1 is 1.11 bits per heavy atom. The molecule has 2 aliphatic rings. The van der Waals surface area contributed by atoms with Gasteiger partial charge in [-0.3, -0.25) is 4.90 Å². The highest BCUT2D eigenvalue weighted by Gasteiger charge is 2.51. The summed E-state index contributed by atoms with van der Waals surface area (Å²) in [5.74, 6) is 0. The molecular formula is C23H30F3N3O5S2. The number of rotatable bonds is 7. The number of alkyl halides is 3. The molecule has 1 aromatic carbocycles. The number of hydrogen-bond acceptors (Lipinski definition) is 8. The Morgan fingerprint density at radius 2 is 1.83 bits per heavy atom. The first-order valence-electron chi connectivity index (χ1n) is 11.6. The predicted octanol–water partition coefficient (Wildman–Crippen LogP) is 2.09. The van der Waals surface area contributed by atoms with Crippen molar-refractivity contribution >= 4 is 27.0 Å². The number of ether oxygens (including phenoxy) is 1. The number of piperazine rings is 1. The molecular weight excluding hydrogens is 519 g/mol. The Morgan fingerprint density at radius 3 is 2.44 bits per heavy atom. The molecule has 1 aromatic heterocycles. The molecule has 0 saturated carbocycles. The van der Waals surface area contributed by atoms with Gasteiger partial charge < -0.3 is 19.8 Å². The minimum Gasteiger partial charge on any atom is -0.394 e. The topological polar surface area (TPSA) is 93.6 Å². The SMILES string of the molecule is C[C@](O)(c1ccc(N2CCN(S(=O)(=O)c3cccs3)C[C@@H]2CN2CCO[C@H](CO)C2)cc1)C(F)(F)F. The standard InChI is InChI=1S/C23H30F3N3O5S2/c1-22(31,23(24,25)26)17-4-6-18(7-5-17)29-9-8-28(36(32,33)21-3-2-12-35-21)14-19(29)13-27-10-11-34-20(15-27)16-30/h2-7,12,19-20,30-31H,8-11,13-16H2,1H3/t19-,20-,22-/m0/s1. The number of halogens is 3. The van der Waals surface area contributed by atoms with Crippen molar-refractivity contribution in [3.63, 3.8) is 0 Å². The van der Waals surface area contributed by atoms with E-state index in [1.807, 2.05) is 4.90 Å². The highest BCUT2D eigenvalue weighted by Crippen LogP contribution is 2.39. The molecule has 0 spiro atoms. The second-order valence-corrected chi connectivity index (χ2v) is 12.3. The summed E-state index contributed by atoms with van der Waals surface area (Å²) in [6.07, 6.45) is -5.15. The van der Waals surface area contributed by atoms with Gasteiger partial charge in [0, 0.05) is 45.0 Å². The molecule has 2 fully saturated rings. The van der Waals surface area contributed by atoms with E-state index in [2.05, 4.69) is 4.90 Å². The summed E-state index contributed by atoms with van der Waals surface area (Å²) in [4.78, 5) is 4.10. The number of thiophene rings is 1. The Bertz CT molecular complexity index is 1110. The number of sulfonamides is 1. The first kappa shape index (κ1) is 27.3. The summed E-state index contributed by atoms with van der Waals surface area (Å²) in [5, 5.41) is 21.2. The van der Waals surface area contributed by atoms with Crippen LogP contribution in [-0.2, 0) is 20.4 Å². The molecule has 0 amide bonds. The van der Waals surface area contributed by atoms with Gasteiger partial charge in [-0.2, -0.15) is 17.5 Å². The normalized spacial score (nSPS) is 24.6. The fourth-order valence-electron chi connectivity index (χ4n) is 4.57. The quantitative estimate of drug-likeness (QED) is 0.547. The van der Waals surface area contributed by atoms with Gasteiger partial charge >= 0.3 is 6.18 Å². The van der Waals surface area contributed by atoms with Crippen molar-refractivity contribution in [2.24, 2.45) is 0 Å². The number of hydrogen-bond donors (Lipinski definition) is 2. The van der Waals surface area contributed by atoms with Crippen molar-refractivity contribution in [2.75, 3.05) is 57.4 Å². The van der Waals surface area contributed by atoms with E-state index in [1.54, 1.807) is 17.5 Å². The van der Waals surface area contributed by atoms with E-state index < -0.39 is 21.8 Å². The number of benzene rings is 1. The molecule has 8 nitrogen and oxygen atoms in total. The third-order valence-corrected chi connectivity index (χ3v) is 9.98. The van der Waals surface area contributed by atoms with E-state index in [4.69, 9.17) is 4.74 Å². The molecule has 200 valence electrons. The van der Waals surface area contributed by atoms with Gasteiger partial charge in [-0.15, -0.1) is 11.3 Å². The first-order valence-corrected chi connectivity index (χ1v) is 13.9. The van der Waals surface area contributed by atoms with E-state index in [-0.39, 0.29) is 41.6 Å². The first-order chi connectivity index (χ1) is 16.9. The summed E-state index contributed by atoms with van der Waals surface area (Å²) >= 11 is 1.15. The van der Waals surface area contributed by atoms with Crippen molar-refractivity contribution in [3.05, 3.63) is 47.3 Å². The van der Waals surface area contributed by atoms with E-state index in [0.29, 0.717) is 38.5 Å². The fourth-order valence-corrected chi connectivity index (χ4v) is 7.19. The van der Waals surface area contributed by atoms with E-state index in [0.717, 1.165) is 18.3 Å². The molecule has 13 heteroatoms. The van der Waals surface area contributed by atoms with Crippen LogP contribution in [-0.4, -0.2) is 98.6 Å². The lowest BCUT2D eigenvalue weighted by atomic mass is 9.95. The molecule has 0 bridgehead atoms. The van der Waals surface area contributed by atoms with Crippen LogP contribution >= 0.6 is 11.3 Å². The van der Waals surface area contributed by atoms with Crippen molar-refractivity contribution < 1.29 is 36.5 Å². The van der Waals surface area contributed by atoms with Gasteiger partial charge in [0.25, 0.3) is 10.0 Å². The minimum atomic E-state index is -4.82. The molecule has 2 N–H and O–H groups in total. The summed E-state index contributed by atoms with van der Waals surface area (Å²) in [6.45, 7) is 3.40. The molecule has 2 aromatic rings. The van der Waals surface area contributed by atoms with Gasteiger partial charge in [-0.05, 0) is 36.1 Å². The van der Waals surface area contributed by atoms with Gasteiger partial charge in [-0.25, -0.2) is 8.42 Å². The number of aliphatic hydroxyl groups is 2. The lowest BCUT2D eigenvalue weighted by molar-refractivity contribution is -0.258. The molecule has 0 unspecified atom stereocenters. The summed E-state index contributed by atoms with van der Waals surface area (Å²) in [7, 11) is -3.67.